The Labute approximate surface area is 161 Å². The van der Waals surface area contributed by atoms with Crippen LogP contribution in [0, 0.1) is 5.92 Å². The number of ether oxygens (including phenoxy) is 1. The van der Waals surface area contributed by atoms with Crippen LogP contribution in [0.25, 0.3) is 0 Å². The van der Waals surface area contributed by atoms with Crippen molar-refractivity contribution < 1.29 is 17.9 Å². The summed E-state index contributed by atoms with van der Waals surface area (Å²) in [5.41, 5.74) is 3.16. The lowest BCUT2D eigenvalue weighted by molar-refractivity contribution is 0.0600. The van der Waals surface area contributed by atoms with Gasteiger partial charge in [-0.15, -0.1) is 0 Å². The molecule has 0 radical (unpaired) electrons. The van der Waals surface area contributed by atoms with Gasteiger partial charge in [-0.3, -0.25) is 0 Å². The minimum atomic E-state index is -3.52. The summed E-state index contributed by atoms with van der Waals surface area (Å²) in [6.45, 7) is 6.17. The van der Waals surface area contributed by atoms with Crippen LogP contribution in [0.3, 0.4) is 0 Å². The maximum atomic E-state index is 12.5. The van der Waals surface area contributed by atoms with Crippen molar-refractivity contribution in [2.75, 3.05) is 7.11 Å². The van der Waals surface area contributed by atoms with Crippen LogP contribution in [0.1, 0.15) is 53.9 Å². The van der Waals surface area contributed by atoms with Crippen molar-refractivity contribution in [2.45, 2.75) is 39.0 Å². The highest BCUT2D eigenvalue weighted by atomic mass is 32.2. The third-order valence-corrected chi connectivity index (χ3v) is 5.64. The summed E-state index contributed by atoms with van der Waals surface area (Å²) in [6, 6.07) is 14.1. The van der Waals surface area contributed by atoms with Crippen LogP contribution in [0.5, 0.6) is 0 Å². The fraction of sp³-hybridized carbons (Fsp3) is 0.381. The fourth-order valence-corrected chi connectivity index (χ4v) is 4.26. The van der Waals surface area contributed by atoms with Gasteiger partial charge in [-0.2, -0.15) is 0 Å². The summed E-state index contributed by atoms with van der Waals surface area (Å²) in [6.07, 6.45) is 1.00. The molecule has 1 unspecified atom stereocenters. The normalized spacial score (nSPS) is 12.8. The van der Waals surface area contributed by atoms with Gasteiger partial charge in [0.1, 0.15) is 0 Å². The Kier molecular flexibility index (Phi) is 7.16. The van der Waals surface area contributed by atoms with Gasteiger partial charge in [0, 0.05) is 6.04 Å². The van der Waals surface area contributed by atoms with Crippen molar-refractivity contribution in [1.29, 1.82) is 0 Å². The van der Waals surface area contributed by atoms with Crippen LogP contribution in [-0.2, 0) is 26.9 Å². The molecule has 2 aromatic rings. The number of benzene rings is 2. The van der Waals surface area contributed by atoms with E-state index in [1.54, 1.807) is 24.3 Å². The second-order valence-corrected chi connectivity index (χ2v) is 8.88. The molecule has 0 bridgehead atoms. The number of methoxy groups -OCH3 is 1. The third kappa shape index (κ3) is 6.48. The molecule has 1 N–H and O–H groups in total. The van der Waals surface area contributed by atoms with E-state index in [1.807, 2.05) is 31.2 Å². The lowest BCUT2D eigenvalue weighted by Gasteiger charge is -2.15. The molecule has 0 aliphatic rings. The first-order chi connectivity index (χ1) is 12.7. The number of hydrogen-bond donors (Lipinski definition) is 1. The van der Waals surface area contributed by atoms with Crippen LogP contribution in [-0.4, -0.2) is 21.5 Å². The second-order valence-electron chi connectivity index (χ2n) is 7.13. The van der Waals surface area contributed by atoms with Crippen molar-refractivity contribution >= 4 is 16.0 Å². The van der Waals surface area contributed by atoms with Gasteiger partial charge in [0.05, 0.1) is 18.4 Å². The van der Waals surface area contributed by atoms with Crippen molar-refractivity contribution in [1.82, 2.24) is 4.72 Å². The van der Waals surface area contributed by atoms with Crippen LogP contribution in [0.4, 0.5) is 0 Å². The molecule has 146 valence electrons. The Hall–Kier alpha value is -2.18. The van der Waals surface area contributed by atoms with Gasteiger partial charge in [0.2, 0.25) is 10.0 Å². The minimum Gasteiger partial charge on any atom is -0.465 e. The average molecular weight is 390 g/mol. The Morgan fingerprint density at radius 3 is 2.04 bits per heavy atom. The Morgan fingerprint density at radius 2 is 1.52 bits per heavy atom. The molecule has 0 saturated carbocycles. The van der Waals surface area contributed by atoms with Gasteiger partial charge < -0.3 is 4.74 Å². The summed E-state index contributed by atoms with van der Waals surface area (Å²) in [5, 5.41) is 0. The van der Waals surface area contributed by atoms with E-state index in [1.165, 1.54) is 12.7 Å². The number of sulfonamides is 1. The highest BCUT2D eigenvalue weighted by Crippen LogP contribution is 2.17. The highest BCUT2D eigenvalue weighted by Gasteiger charge is 2.17. The first kappa shape index (κ1) is 21.1. The molecule has 0 heterocycles. The van der Waals surface area contributed by atoms with Crippen LogP contribution >= 0.6 is 0 Å². The lowest BCUT2D eigenvalue weighted by atomic mass is 10.0. The zero-order valence-electron chi connectivity index (χ0n) is 16.2. The van der Waals surface area contributed by atoms with E-state index in [0.717, 1.165) is 12.0 Å². The first-order valence-electron chi connectivity index (χ1n) is 8.96. The molecule has 0 saturated heterocycles. The molecular formula is C21H27NO4S. The lowest BCUT2D eigenvalue weighted by Crippen LogP contribution is -2.28. The largest absolute Gasteiger partial charge is 0.465 e. The molecule has 6 heteroatoms. The summed E-state index contributed by atoms with van der Waals surface area (Å²) in [7, 11) is -2.21. The summed E-state index contributed by atoms with van der Waals surface area (Å²) >= 11 is 0. The summed E-state index contributed by atoms with van der Waals surface area (Å²) in [4.78, 5) is 11.4. The Balaban J connectivity index is 2.01. The zero-order valence-corrected chi connectivity index (χ0v) is 17.0. The molecule has 0 spiro atoms. The molecule has 1 atom stereocenters. The molecule has 5 nitrogen and oxygen atoms in total. The SMILES string of the molecule is COC(=O)c1ccc(CS(=O)(=O)NC(C)c2ccc(CC(C)C)cc2)cc1. The van der Waals surface area contributed by atoms with Gasteiger partial charge in [0.25, 0.3) is 0 Å². The number of carbonyl (C=O) groups excluding carboxylic acids is 1. The molecule has 27 heavy (non-hydrogen) atoms. The van der Waals surface area contributed by atoms with Gasteiger partial charge in [-0.25, -0.2) is 17.9 Å². The predicted octanol–water partition coefficient (Wildman–Crippen LogP) is 3.85. The van der Waals surface area contributed by atoms with Gasteiger partial charge in [-0.05, 0) is 48.1 Å². The third-order valence-electron chi connectivity index (χ3n) is 4.21. The number of carbonyl (C=O) groups is 1. The topological polar surface area (TPSA) is 72.5 Å². The Bertz CT molecular complexity index is 856. The maximum absolute atomic E-state index is 12.5. The number of nitrogens with one attached hydrogen (secondary N) is 1. The molecule has 2 rings (SSSR count). The summed E-state index contributed by atoms with van der Waals surface area (Å²) in [5.74, 6) is -0.0149. The van der Waals surface area contributed by atoms with Crippen molar-refractivity contribution in [2.24, 2.45) is 5.92 Å². The second kappa shape index (κ2) is 9.15. The van der Waals surface area contributed by atoms with Gasteiger partial charge in [0.15, 0.2) is 0 Å². The fourth-order valence-electron chi connectivity index (χ4n) is 2.87. The van der Waals surface area contributed by atoms with Gasteiger partial charge in [-0.1, -0.05) is 50.2 Å². The van der Waals surface area contributed by atoms with E-state index in [9.17, 15) is 13.2 Å². The van der Waals surface area contributed by atoms with Crippen LogP contribution in [0.15, 0.2) is 48.5 Å². The van der Waals surface area contributed by atoms with Gasteiger partial charge >= 0.3 is 5.97 Å². The molecular weight excluding hydrogens is 362 g/mol. The van der Waals surface area contributed by atoms with E-state index >= 15 is 0 Å². The number of rotatable bonds is 8. The van der Waals surface area contributed by atoms with Crippen molar-refractivity contribution in [3.8, 4) is 0 Å². The summed E-state index contributed by atoms with van der Waals surface area (Å²) < 4.78 is 32.3. The van der Waals surface area contributed by atoms with E-state index in [4.69, 9.17) is 0 Å². The quantitative estimate of drug-likeness (QED) is 0.696. The molecule has 0 fully saturated rings. The molecule has 0 aliphatic heterocycles. The highest BCUT2D eigenvalue weighted by molar-refractivity contribution is 7.88. The minimum absolute atomic E-state index is 0.149. The van der Waals surface area contributed by atoms with E-state index in [0.29, 0.717) is 17.0 Å². The monoisotopic (exact) mass is 389 g/mol. The van der Waals surface area contributed by atoms with Crippen molar-refractivity contribution in [3.05, 3.63) is 70.8 Å². The van der Waals surface area contributed by atoms with Crippen molar-refractivity contribution in [3.63, 3.8) is 0 Å². The first-order valence-corrected chi connectivity index (χ1v) is 10.6. The molecule has 0 aromatic heterocycles. The smallest absolute Gasteiger partial charge is 0.337 e. The van der Waals surface area contributed by atoms with E-state index in [2.05, 4.69) is 23.3 Å². The van der Waals surface area contributed by atoms with E-state index < -0.39 is 16.0 Å². The molecule has 0 amide bonds. The number of esters is 1. The standard InChI is InChI=1S/C21H27NO4S/c1-15(2)13-17-5-9-19(10-6-17)16(3)22-27(24,25)14-18-7-11-20(12-8-18)21(23)26-4/h5-12,15-16,22H,13-14H2,1-4H3. The Morgan fingerprint density at radius 1 is 0.963 bits per heavy atom. The zero-order chi connectivity index (χ0) is 20.0. The van der Waals surface area contributed by atoms with E-state index in [-0.39, 0.29) is 11.8 Å². The predicted molar refractivity (Wildman–Crippen MR) is 107 cm³/mol. The average Bonchev–Trinajstić information content (AvgIpc) is 2.61. The molecule has 2 aromatic carbocycles. The molecule has 0 aliphatic carbocycles. The number of hydrogen-bond acceptors (Lipinski definition) is 4. The maximum Gasteiger partial charge on any atom is 0.337 e. The van der Waals surface area contributed by atoms with Crippen LogP contribution in [0.2, 0.25) is 0 Å². The van der Waals surface area contributed by atoms with Crippen LogP contribution < -0.4 is 4.72 Å².